The Labute approximate surface area is 163 Å². The fourth-order valence-electron chi connectivity index (χ4n) is 2.65. The first-order chi connectivity index (χ1) is 12.1. The molecule has 2 heterocycles. The van der Waals surface area contributed by atoms with Crippen molar-refractivity contribution in [1.29, 1.82) is 0 Å². The van der Waals surface area contributed by atoms with E-state index in [-0.39, 0.29) is 27.4 Å². The van der Waals surface area contributed by atoms with Crippen LogP contribution in [0.1, 0.15) is 9.67 Å². The second-order valence-electron chi connectivity index (χ2n) is 5.78. The van der Waals surface area contributed by atoms with Crippen LogP contribution in [0, 0.1) is 0 Å². The smallest absolute Gasteiger partial charge is 0.261 e. The monoisotopic (exact) mass is 415 g/mol. The summed E-state index contributed by atoms with van der Waals surface area (Å²) >= 11 is 1.01. The van der Waals surface area contributed by atoms with Crippen molar-refractivity contribution in [1.82, 2.24) is 15.5 Å². The first-order valence-electron chi connectivity index (χ1n) is 8.18. The Hall–Kier alpha value is -1.45. The average Bonchev–Trinajstić information content (AvgIpc) is 3.14. The number of sulfone groups is 1. The molecule has 0 unspecified atom stereocenters. The Kier molecular flexibility index (Phi) is 7.60. The predicted octanol–water partition coefficient (Wildman–Crippen LogP) is 1.64. The summed E-state index contributed by atoms with van der Waals surface area (Å²) < 4.78 is 25.3. The minimum absolute atomic E-state index is 0. The molecule has 0 radical (unpaired) electrons. The van der Waals surface area contributed by atoms with Crippen molar-refractivity contribution in [3.63, 3.8) is 0 Å². The number of halogens is 1. The molecule has 9 heteroatoms. The van der Waals surface area contributed by atoms with Crippen LogP contribution in [0.2, 0.25) is 0 Å². The number of thiophene rings is 1. The van der Waals surface area contributed by atoms with E-state index in [1.54, 1.807) is 36.4 Å². The maximum atomic E-state index is 12.6. The van der Waals surface area contributed by atoms with E-state index < -0.39 is 9.84 Å². The van der Waals surface area contributed by atoms with E-state index in [0.717, 1.165) is 44.1 Å². The Balaban J connectivity index is 0.00000243. The van der Waals surface area contributed by atoms with Crippen molar-refractivity contribution in [2.75, 3.05) is 39.3 Å². The lowest BCUT2D eigenvalue weighted by Gasteiger charge is -2.26. The molecule has 6 nitrogen and oxygen atoms in total. The number of carbonyl (C=O) groups is 1. The maximum absolute atomic E-state index is 12.6. The van der Waals surface area contributed by atoms with E-state index in [1.807, 2.05) is 0 Å². The van der Waals surface area contributed by atoms with Crippen LogP contribution in [-0.4, -0.2) is 58.5 Å². The van der Waals surface area contributed by atoms with E-state index in [9.17, 15) is 13.2 Å². The van der Waals surface area contributed by atoms with Gasteiger partial charge in [0.15, 0.2) is 0 Å². The lowest BCUT2D eigenvalue weighted by atomic mass is 10.3. The highest BCUT2D eigenvalue weighted by Gasteiger charge is 2.21. The van der Waals surface area contributed by atoms with Crippen LogP contribution >= 0.6 is 23.7 Å². The highest BCUT2D eigenvalue weighted by Crippen LogP contribution is 2.27. The second-order valence-corrected chi connectivity index (χ2v) is 9.04. The van der Waals surface area contributed by atoms with Gasteiger partial charge in [-0.1, -0.05) is 18.2 Å². The fraction of sp³-hybridized carbons (Fsp3) is 0.353. The molecule has 26 heavy (non-hydrogen) atoms. The van der Waals surface area contributed by atoms with E-state index >= 15 is 0 Å². The highest BCUT2D eigenvalue weighted by molar-refractivity contribution is 7.93. The van der Waals surface area contributed by atoms with Crippen LogP contribution < -0.4 is 10.6 Å². The lowest BCUT2D eigenvalue weighted by Crippen LogP contribution is -2.46. The van der Waals surface area contributed by atoms with Gasteiger partial charge in [-0.2, -0.15) is 0 Å². The van der Waals surface area contributed by atoms with Gasteiger partial charge in [0.25, 0.3) is 5.91 Å². The summed E-state index contributed by atoms with van der Waals surface area (Å²) in [6, 6.07) is 11.3. The van der Waals surface area contributed by atoms with Crippen LogP contribution in [-0.2, 0) is 9.84 Å². The summed E-state index contributed by atoms with van der Waals surface area (Å²) in [4.78, 5) is 15.2. The molecule has 1 aromatic heterocycles. The Morgan fingerprint density at radius 3 is 2.50 bits per heavy atom. The lowest BCUT2D eigenvalue weighted by molar-refractivity contribution is 0.0951. The third-order valence-electron chi connectivity index (χ3n) is 4.05. The van der Waals surface area contributed by atoms with Gasteiger partial charge in [0.05, 0.1) is 9.77 Å². The molecule has 1 amide bonds. The van der Waals surface area contributed by atoms with Crippen molar-refractivity contribution < 1.29 is 13.2 Å². The molecule has 0 aliphatic carbocycles. The number of piperazine rings is 1. The molecule has 1 aliphatic heterocycles. The number of hydrogen-bond acceptors (Lipinski definition) is 6. The average molecular weight is 416 g/mol. The van der Waals surface area contributed by atoms with E-state index in [4.69, 9.17) is 0 Å². The first kappa shape index (κ1) is 20.9. The van der Waals surface area contributed by atoms with Gasteiger partial charge in [0.1, 0.15) is 4.21 Å². The third-order valence-corrected chi connectivity index (χ3v) is 7.39. The number of nitrogens with one attached hydrogen (secondary N) is 2. The van der Waals surface area contributed by atoms with Crippen molar-refractivity contribution in [3.05, 3.63) is 47.3 Å². The molecule has 2 N–H and O–H groups in total. The van der Waals surface area contributed by atoms with Gasteiger partial charge in [-0.3, -0.25) is 9.69 Å². The van der Waals surface area contributed by atoms with Gasteiger partial charge in [-0.05, 0) is 24.3 Å². The first-order valence-corrected chi connectivity index (χ1v) is 10.5. The quantitative estimate of drug-likeness (QED) is 0.749. The molecular formula is C17H22ClN3O3S2. The van der Waals surface area contributed by atoms with Gasteiger partial charge < -0.3 is 10.6 Å². The number of rotatable bonds is 6. The van der Waals surface area contributed by atoms with E-state index in [2.05, 4.69) is 15.5 Å². The summed E-state index contributed by atoms with van der Waals surface area (Å²) in [5.74, 6) is -0.227. The summed E-state index contributed by atoms with van der Waals surface area (Å²) in [6.45, 7) is 5.26. The Morgan fingerprint density at radius 2 is 1.81 bits per heavy atom. The van der Waals surface area contributed by atoms with E-state index in [0.29, 0.717) is 11.4 Å². The standard InChI is InChI=1S/C17H21N3O3S2.ClH/c21-17(19-10-13-20-11-8-18-9-12-20)15-6-7-16(24-15)25(22,23)14-4-2-1-3-5-14;/h1-7,18H,8-13H2,(H,19,21);1H. The van der Waals surface area contributed by atoms with Crippen LogP contribution in [0.4, 0.5) is 0 Å². The Morgan fingerprint density at radius 1 is 1.12 bits per heavy atom. The van der Waals surface area contributed by atoms with Crippen molar-refractivity contribution in [2.24, 2.45) is 0 Å². The zero-order valence-corrected chi connectivity index (χ0v) is 16.6. The van der Waals surface area contributed by atoms with Crippen LogP contribution in [0.15, 0.2) is 51.6 Å². The molecule has 1 saturated heterocycles. The van der Waals surface area contributed by atoms with Gasteiger partial charge in [0.2, 0.25) is 9.84 Å². The van der Waals surface area contributed by atoms with Crippen molar-refractivity contribution in [2.45, 2.75) is 9.10 Å². The second kappa shape index (κ2) is 9.48. The van der Waals surface area contributed by atoms with E-state index in [1.165, 1.54) is 6.07 Å². The molecule has 0 spiro atoms. The number of amides is 1. The topological polar surface area (TPSA) is 78.5 Å². The molecule has 1 fully saturated rings. The fourth-order valence-corrected chi connectivity index (χ4v) is 5.30. The zero-order chi connectivity index (χ0) is 17.7. The number of carbonyl (C=O) groups excluding carboxylic acids is 1. The van der Waals surface area contributed by atoms with Crippen LogP contribution in [0.3, 0.4) is 0 Å². The predicted molar refractivity (Wildman–Crippen MR) is 105 cm³/mol. The van der Waals surface area contributed by atoms with Gasteiger partial charge in [0, 0.05) is 39.3 Å². The minimum atomic E-state index is -3.57. The molecule has 0 saturated carbocycles. The molecule has 0 atom stereocenters. The highest BCUT2D eigenvalue weighted by atomic mass is 35.5. The zero-order valence-electron chi connectivity index (χ0n) is 14.2. The van der Waals surface area contributed by atoms with Gasteiger partial charge in [-0.25, -0.2) is 8.42 Å². The summed E-state index contributed by atoms with van der Waals surface area (Å²) in [6.07, 6.45) is 0. The maximum Gasteiger partial charge on any atom is 0.261 e. The molecule has 0 bridgehead atoms. The number of nitrogens with zero attached hydrogens (tertiary/aromatic N) is 1. The van der Waals surface area contributed by atoms with Crippen LogP contribution in [0.25, 0.3) is 0 Å². The van der Waals surface area contributed by atoms with Crippen LogP contribution in [0.5, 0.6) is 0 Å². The molecule has 3 rings (SSSR count). The number of benzene rings is 1. The minimum Gasteiger partial charge on any atom is -0.350 e. The normalized spacial score (nSPS) is 15.2. The summed E-state index contributed by atoms with van der Waals surface area (Å²) in [5.41, 5.74) is 0. The molecule has 142 valence electrons. The SMILES string of the molecule is Cl.O=C(NCCN1CCNCC1)c1ccc(S(=O)(=O)c2ccccc2)s1. The third kappa shape index (κ3) is 5.05. The van der Waals surface area contributed by atoms with Gasteiger partial charge >= 0.3 is 0 Å². The molecular weight excluding hydrogens is 394 g/mol. The van der Waals surface area contributed by atoms with Gasteiger partial charge in [-0.15, -0.1) is 23.7 Å². The van der Waals surface area contributed by atoms with Crippen molar-refractivity contribution in [3.8, 4) is 0 Å². The molecule has 1 aromatic carbocycles. The molecule has 1 aliphatic rings. The van der Waals surface area contributed by atoms with Crippen molar-refractivity contribution >= 4 is 39.5 Å². The largest absolute Gasteiger partial charge is 0.350 e. The Bertz CT molecular complexity index is 819. The summed E-state index contributed by atoms with van der Waals surface area (Å²) in [7, 11) is -3.57. The summed E-state index contributed by atoms with van der Waals surface area (Å²) in [5, 5.41) is 6.15. The molecule has 2 aromatic rings. The number of hydrogen-bond donors (Lipinski definition) is 2.